The van der Waals surface area contributed by atoms with Crippen LogP contribution in [0.25, 0.3) is 0 Å². The molecule has 0 spiro atoms. The molecular formula is C12H18F2O3Si. The molecule has 0 atom stereocenters. The summed E-state index contributed by atoms with van der Waals surface area (Å²) in [5.74, 6) is -1.33. The van der Waals surface area contributed by atoms with Crippen molar-refractivity contribution in [1.82, 2.24) is 0 Å². The molecule has 6 heteroatoms. The highest BCUT2D eigenvalue weighted by Gasteiger charge is 2.45. The molecule has 0 unspecified atom stereocenters. The van der Waals surface area contributed by atoms with Gasteiger partial charge in [0.05, 0.1) is 5.19 Å². The van der Waals surface area contributed by atoms with E-state index < -0.39 is 20.4 Å². The van der Waals surface area contributed by atoms with Crippen molar-refractivity contribution in [1.29, 1.82) is 0 Å². The lowest BCUT2D eigenvalue weighted by molar-refractivity contribution is 0.0851. The number of hydrogen-bond acceptors (Lipinski definition) is 3. The second kappa shape index (κ2) is 6.94. The van der Waals surface area contributed by atoms with E-state index in [0.717, 1.165) is 6.07 Å². The highest BCUT2D eigenvalue weighted by molar-refractivity contribution is 6.75. The van der Waals surface area contributed by atoms with Crippen LogP contribution in [0.3, 0.4) is 0 Å². The van der Waals surface area contributed by atoms with Crippen LogP contribution in [-0.2, 0) is 13.3 Å². The van der Waals surface area contributed by atoms with Gasteiger partial charge in [0.1, 0.15) is 11.6 Å². The molecular weight excluding hydrogens is 258 g/mol. The molecule has 0 aliphatic carbocycles. The van der Waals surface area contributed by atoms with Crippen molar-refractivity contribution in [2.24, 2.45) is 0 Å². The van der Waals surface area contributed by atoms with Crippen molar-refractivity contribution in [2.45, 2.75) is 20.8 Å². The van der Waals surface area contributed by atoms with E-state index in [1.807, 2.05) is 0 Å². The molecule has 0 saturated carbocycles. The van der Waals surface area contributed by atoms with E-state index in [9.17, 15) is 8.78 Å². The summed E-state index contributed by atoms with van der Waals surface area (Å²) in [4.78, 5) is 0. The normalized spacial score (nSPS) is 11.8. The zero-order chi connectivity index (χ0) is 13.6. The molecule has 0 aromatic heterocycles. The average Bonchev–Trinajstić information content (AvgIpc) is 2.29. The summed E-state index contributed by atoms with van der Waals surface area (Å²) in [5, 5.41) is 0.175. The minimum Gasteiger partial charge on any atom is -0.370 e. The number of halogens is 2. The first-order valence-corrected chi connectivity index (χ1v) is 7.69. The van der Waals surface area contributed by atoms with Gasteiger partial charge in [-0.2, -0.15) is 0 Å². The molecule has 0 saturated heterocycles. The van der Waals surface area contributed by atoms with E-state index in [1.54, 1.807) is 20.8 Å². The number of benzene rings is 1. The summed E-state index contributed by atoms with van der Waals surface area (Å²) in [5.41, 5.74) is 0. The van der Waals surface area contributed by atoms with Crippen molar-refractivity contribution >= 4 is 14.0 Å². The second-order valence-electron chi connectivity index (χ2n) is 3.48. The van der Waals surface area contributed by atoms with Crippen LogP contribution in [0.1, 0.15) is 20.8 Å². The maximum Gasteiger partial charge on any atom is 0.540 e. The summed E-state index contributed by atoms with van der Waals surface area (Å²) in [6, 6.07) is 3.32. The maximum atomic E-state index is 13.9. The van der Waals surface area contributed by atoms with Crippen LogP contribution in [0.2, 0.25) is 0 Å². The Bertz CT molecular complexity index is 371. The van der Waals surface area contributed by atoms with Crippen LogP contribution in [0.5, 0.6) is 0 Å². The van der Waals surface area contributed by atoms with Gasteiger partial charge in [0.25, 0.3) is 0 Å². The largest absolute Gasteiger partial charge is 0.540 e. The average molecular weight is 276 g/mol. The van der Waals surface area contributed by atoms with Gasteiger partial charge < -0.3 is 13.3 Å². The summed E-state index contributed by atoms with van der Waals surface area (Å²) >= 11 is 0. The monoisotopic (exact) mass is 276 g/mol. The second-order valence-corrected chi connectivity index (χ2v) is 6.00. The Morgan fingerprint density at radius 2 is 1.44 bits per heavy atom. The van der Waals surface area contributed by atoms with Gasteiger partial charge in [-0.25, -0.2) is 8.78 Å². The van der Waals surface area contributed by atoms with E-state index in [4.69, 9.17) is 13.3 Å². The first-order valence-electron chi connectivity index (χ1n) is 5.97. The van der Waals surface area contributed by atoms with Crippen molar-refractivity contribution in [3.63, 3.8) is 0 Å². The SMILES string of the molecule is CCO[Si](OCC)(OCC)c1ccc(F)cc1F. The quantitative estimate of drug-likeness (QED) is 0.715. The molecule has 3 nitrogen and oxygen atoms in total. The van der Waals surface area contributed by atoms with E-state index in [1.165, 1.54) is 12.1 Å². The molecule has 1 aromatic carbocycles. The topological polar surface area (TPSA) is 27.7 Å². The predicted octanol–water partition coefficient (Wildman–Crippen LogP) is 2.22. The highest BCUT2D eigenvalue weighted by Crippen LogP contribution is 2.14. The molecule has 0 heterocycles. The maximum absolute atomic E-state index is 13.9. The van der Waals surface area contributed by atoms with Crippen LogP contribution < -0.4 is 5.19 Å². The van der Waals surface area contributed by atoms with Crippen molar-refractivity contribution in [3.05, 3.63) is 29.8 Å². The third-order valence-corrected chi connectivity index (χ3v) is 5.34. The van der Waals surface area contributed by atoms with Crippen LogP contribution >= 0.6 is 0 Å². The van der Waals surface area contributed by atoms with Crippen molar-refractivity contribution in [3.8, 4) is 0 Å². The van der Waals surface area contributed by atoms with Gasteiger partial charge in [0.2, 0.25) is 0 Å². The predicted molar refractivity (Wildman–Crippen MR) is 66.6 cm³/mol. The standard InChI is InChI=1S/C12H18F2O3Si/c1-4-15-18(16-5-2,17-6-3)12-8-7-10(13)9-11(12)14/h7-9H,4-6H2,1-3H3. The zero-order valence-corrected chi connectivity index (χ0v) is 11.8. The van der Waals surface area contributed by atoms with Crippen LogP contribution in [-0.4, -0.2) is 28.6 Å². The van der Waals surface area contributed by atoms with Crippen molar-refractivity contribution in [2.75, 3.05) is 19.8 Å². The van der Waals surface area contributed by atoms with Crippen LogP contribution in [0, 0.1) is 11.6 Å². The molecule has 0 amide bonds. The fourth-order valence-corrected chi connectivity index (χ4v) is 4.17. The third-order valence-electron chi connectivity index (χ3n) is 2.26. The number of rotatable bonds is 7. The molecule has 18 heavy (non-hydrogen) atoms. The Balaban J connectivity index is 3.21. The fraction of sp³-hybridized carbons (Fsp3) is 0.500. The van der Waals surface area contributed by atoms with Gasteiger partial charge in [-0.1, -0.05) is 0 Å². The van der Waals surface area contributed by atoms with Gasteiger partial charge >= 0.3 is 8.80 Å². The van der Waals surface area contributed by atoms with E-state index >= 15 is 0 Å². The summed E-state index contributed by atoms with van der Waals surface area (Å²) in [6.45, 7) is 6.35. The molecule has 0 fully saturated rings. The molecule has 0 N–H and O–H groups in total. The fourth-order valence-electron chi connectivity index (χ4n) is 1.67. The molecule has 0 aliphatic rings. The minimum absolute atomic E-state index is 0.175. The van der Waals surface area contributed by atoms with Crippen LogP contribution in [0.4, 0.5) is 8.78 Å². The first kappa shape index (κ1) is 15.2. The lowest BCUT2D eigenvalue weighted by Crippen LogP contribution is -2.58. The van der Waals surface area contributed by atoms with Gasteiger partial charge in [-0.15, -0.1) is 0 Å². The Labute approximate surface area is 107 Å². The lowest BCUT2D eigenvalue weighted by atomic mass is 10.3. The Morgan fingerprint density at radius 3 is 1.83 bits per heavy atom. The van der Waals surface area contributed by atoms with Gasteiger partial charge in [-0.3, -0.25) is 0 Å². The molecule has 102 valence electrons. The van der Waals surface area contributed by atoms with Gasteiger partial charge in [-0.05, 0) is 32.9 Å². The summed E-state index contributed by atoms with van der Waals surface area (Å²) in [6.07, 6.45) is 0. The lowest BCUT2D eigenvalue weighted by Gasteiger charge is -2.28. The van der Waals surface area contributed by atoms with E-state index in [2.05, 4.69) is 0 Å². The smallest absolute Gasteiger partial charge is 0.370 e. The molecule has 0 aliphatic heterocycles. The molecule has 1 rings (SSSR count). The van der Waals surface area contributed by atoms with E-state index in [0.29, 0.717) is 19.8 Å². The zero-order valence-electron chi connectivity index (χ0n) is 10.8. The Kier molecular flexibility index (Phi) is 5.87. The Hall–Kier alpha value is -0.823. The van der Waals surface area contributed by atoms with Gasteiger partial charge in [0, 0.05) is 25.9 Å². The first-order chi connectivity index (χ1) is 8.59. The van der Waals surface area contributed by atoms with Crippen molar-refractivity contribution < 1.29 is 22.1 Å². The molecule has 0 bridgehead atoms. The van der Waals surface area contributed by atoms with Gasteiger partial charge in [0.15, 0.2) is 0 Å². The number of hydrogen-bond donors (Lipinski definition) is 0. The third kappa shape index (κ3) is 3.35. The van der Waals surface area contributed by atoms with Crippen LogP contribution in [0.15, 0.2) is 18.2 Å². The highest BCUT2D eigenvalue weighted by atomic mass is 28.4. The molecule has 1 aromatic rings. The van der Waals surface area contributed by atoms with E-state index in [-0.39, 0.29) is 5.19 Å². The summed E-state index contributed by atoms with van der Waals surface area (Å²) < 4.78 is 43.5. The minimum atomic E-state index is -3.28. The molecule has 0 radical (unpaired) electrons. The summed E-state index contributed by atoms with van der Waals surface area (Å²) in [7, 11) is -3.28. The Morgan fingerprint density at radius 1 is 0.944 bits per heavy atom.